The molecule has 5 rings (SSSR count). The minimum atomic E-state index is -2.20. The largest absolute Gasteiger partial charge is 0.322 e. The first-order valence-electron chi connectivity index (χ1n) is 12.9. The fourth-order valence-electron chi connectivity index (χ4n) is 5.41. The van der Waals surface area contributed by atoms with Crippen LogP contribution < -0.4 is 5.32 Å². The van der Waals surface area contributed by atoms with Gasteiger partial charge in [-0.1, -0.05) is 81.2 Å². The first kappa shape index (κ1) is 25.5. The molecule has 2 atom stereocenters. The van der Waals surface area contributed by atoms with Crippen molar-refractivity contribution >= 4 is 42.4 Å². The van der Waals surface area contributed by atoms with E-state index in [1.807, 2.05) is 36.4 Å². The average Bonchev–Trinajstić information content (AvgIpc) is 3.16. The van der Waals surface area contributed by atoms with Crippen LogP contribution in [-0.2, 0) is 11.2 Å². The van der Waals surface area contributed by atoms with Gasteiger partial charge in [0.1, 0.15) is 6.04 Å². The van der Waals surface area contributed by atoms with Crippen LogP contribution in [-0.4, -0.2) is 41.7 Å². The Balaban J connectivity index is 1.65. The number of benzene rings is 3. The minimum absolute atomic E-state index is 0.331. The van der Waals surface area contributed by atoms with Gasteiger partial charge in [0.25, 0.3) is 11.8 Å². The third-order valence-electron chi connectivity index (χ3n) is 7.26. The molecule has 7 heteroatoms. The molecule has 6 nitrogen and oxygen atoms in total. The van der Waals surface area contributed by atoms with E-state index in [1.54, 1.807) is 36.5 Å². The Morgan fingerprint density at radius 3 is 2.11 bits per heavy atom. The monoisotopic (exact) mass is 521 g/mol. The lowest BCUT2D eigenvalue weighted by Crippen LogP contribution is -2.56. The van der Waals surface area contributed by atoms with E-state index in [4.69, 9.17) is 0 Å². The van der Waals surface area contributed by atoms with E-state index >= 15 is 0 Å². The molecule has 1 N–H and O–H groups in total. The number of nitrogens with zero attached hydrogens (tertiary/aromatic N) is 2. The van der Waals surface area contributed by atoms with Crippen LogP contribution in [0.5, 0.6) is 0 Å². The summed E-state index contributed by atoms with van der Waals surface area (Å²) in [6.45, 7) is 8.61. The summed E-state index contributed by atoms with van der Waals surface area (Å²) in [6, 6.07) is 23.3. The van der Waals surface area contributed by atoms with Gasteiger partial charge < -0.3 is 5.32 Å². The van der Waals surface area contributed by atoms with E-state index in [-0.39, 0.29) is 5.54 Å². The molecule has 0 spiro atoms. The summed E-state index contributed by atoms with van der Waals surface area (Å²) in [5.74, 6) is -1.27. The lowest BCUT2D eigenvalue weighted by Gasteiger charge is -2.39. The number of nitrogens with one attached hydrogen (secondary N) is 1. The molecule has 38 heavy (non-hydrogen) atoms. The van der Waals surface area contributed by atoms with Crippen molar-refractivity contribution in [3.05, 3.63) is 107 Å². The van der Waals surface area contributed by atoms with Gasteiger partial charge in [0.15, 0.2) is 0 Å². The summed E-state index contributed by atoms with van der Waals surface area (Å²) in [4.78, 5) is 47.4. The third-order valence-corrected chi connectivity index (χ3v) is 9.77. The Hall–Kier alpha value is -4.10. The highest BCUT2D eigenvalue weighted by atomic mass is 28.3. The van der Waals surface area contributed by atoms with E-state index in [0.717, 1.165) is 17.4 Å². The maximum atomic E-state index is 14.3. The van der Waals surface area contributed by atoms with E-state index in [0.29, 0.717) is 22.3 Å². The quantitative estimate of drug-likeness (QED) is 0.237. The third kappa shape index (κ3) is 4.54. The number of aromatic nitrogens is 1. The predicted molar refractivity (Wildman–Crippen MR) is 153 cm³/mol. The molecule has 0 bridgehead atoms. The van der Waals surface area contributed by atoms with Gasteiger partial charge in [0.05, 0.1) is 30.4 Å². The molecular weight excluding hydrogens is 490 g/mol. The zero-order valence-electron chi connectivity index (χ0n) is 22.1. The Morgan fingerprint density at radius 2 is 1.50 bits per heavy atom. The van der Waals surface area contributed by atoms with Crippen LogP contribution in [0.4, 0.5) is 5.69 Å². The van der Waals surface area contributed by atoms with Crippen LogP contribution in [0, 0.1) is 0 Å². The van der Waals surface area contributed by atoms with Crippen molar-refractivity contribution < 1.29 is 14.4 Å². The number of aryl methyl sites for hydroxylation is 1. The maximum absolute atomic E-state index is 14.3. The number of rotatable bonds is 7. The highest BCUT2D eigenvalue weighted by molar-refractivity contribution is 6.78. The standard InChI is InChI=1S/C31H31N3O3Si/c1-5-20-15-17-22(18-16-20)28(38(2,3)4)27(34-30(36)23-12-6-7-13-24(23)31(34)37)29(35)33-25-14-8-10-21-11-9-19-32-26(21)25/h6-19,27-28H,5H2,1-4H3,(H,33,35). The van der Waals surface area contributed by atoms with Crippen LogP contribution in [0.15, 0.2) is 85.1 Å². The lowest BCUT2D eigenvalue weighted by molar-refractivity contribution is -0.120. The number of amides is 3. The lowest BCUT2D eigenvalue weighted by atomic mass is 10.00. The van der Waals surface area contributed by atoms with Gasteiger partial charge in [-0.3, -0.25) is 24.3 Å². The SMILES string of the molecule is CCc1ccc(C(C(C(=O)Nc2cccc3cccnc23)N2C(=O)c3ccccc3C2=O)[Si](C)(C)C)cc1. The fourth-order valence-corrected chi connectivity index (χ4v) is 7.85. The van der Waals surface area contributed by atoms with Crippen molar-refractivity contribution in [2.45, 2.75) is 44.6 Å². The van der Waals surface area contributed by atoms with Crippen LogP contribution in [0.3, 0.4) is 0 Å². The molecule has 2 heterocycles. The minimum Gasteiger partial charge on any atom is -0.322 e. The van der Waals surface area contributed by atoms with Crippen molar-refractivity contribution in [2.75, 3.05) is 5.32 Å². The first-order chi connectivity index (χ1) is 18.2. The van der Waals surface area contributed by atoms with Gasteiger partial charge >= 0.3 is 0 Å². The number of pyridine rings is 1. The van der Waals surface area contributed by atoms with E-state index in [9.17, 15) is 14.4 Å². The maximum Gasteiger partial charge on any atom is 0.262 e. The normalized spacial score (nSPS) is 14.9. The van der Waals surface area contributed by atoms with Gasteiger partial charge in [0, 0.05) is 17.1 Å². The topological polar surface area (TPSA) is 79.4 Å². The molecule has 0 aliphatic carbocycles. The molecule has 1 aliphatic heterocycles. The number of carbonyl (C=O) groups excluding carboxylic acids is 3. The molecule has 4 aromatic rings. The summed E-state index contributed by atoms with van der Waals surface area (Å²) in [7, 11) is -2.20. The molecule has 0 saturated heterocycles. The molecule has 192 valence electrons. The highest BCUT2D eigenvalue weighted by Gasteiger charge is 2.50. The van der Waals surface area contributed by atoms with Crippen LogP contribution in [0.1, 0.15) is 44.3 Å². The summed E-state index contributed by atoms with van der Waals surface area (Å²) in [6.07, 6.45) is 2.58. The molecule has 2 unspecified atom stereocenters. The van der Waals surface area contributed by atoms with Gasteiger partial charge in [0.2, 0.25) is 5.91 Å². The highest BCUT2D eigenvalue weighted by Crippen LogP contribution is 2.38. The van der Waals surface area contributed by atoms with Crippen molar-refractivity contribution in [1.82, 2.24) is 9.88 Å². The van der Waals surface area contributed by atoms with Crippen molar-refractivity contribution in [3.63, 3.8) is 0 Å². The molecule has 3 amide bonds. The molecular formula is C31H31N3O3Si. The molecule has 0 fully saturated rings. The number of imide groups is 1. The van der Waals surface area contributed by atoms with Crippen molar-refractivity contribution in [3.8, 4) is 0 Å². The zero-order chi connectivity index (χ0) is 27.0. The van der Waals surface area contributed by atoms with Crippen molar-refractivity contribution in [2.24, 2.45) is 0 Å². The molecule has 1 aromatic heterocycles. The smallest absolute Gasteiger partial charge is 0.262 e. The fraction of sp³-hybridized carbons (Fsp3) is 0.226. The molecule has 3 aromatic carbocycles. The Kier molecular flexibility index (Phi) is 6.71. The molecule has 0 saturated carbocycles. The number of hydrogen-bond acceptors (Lipinski definition) is 4. The summed E-state index contributed by atoms with van der Waals surface area (Å²) < 4.78 is 0. The Labute approximate surface area is 223 Å². The second-order valence-corrected chi connectivity index (χ2v) is 16.1. The number of anilines is 1. The molecule has 1 aliphatic rings. The predicted octanol–water partition coefficient (Wildman–Crippen LogP) is 6.06. The van der Waals surface area contributed by atoms with Gasteiger partial charge in [-0.15, -0.1) is 0 Å². The number of para-hydroxylation sites is 1. The van der Waals surface area contributed by atoms with Crippen LogP contribution in [0.25, 0.3) is 10.9 Å². The Morgan fingerprint density at radius 1 is 0.868 bits per heavy atom. The van der Waals surface area contributed by atoms with Gasteiger partial charge in [-0.2, -0.15) is 0 Å². The first-order valence-corrected chi connectivity index (χ1v) is 16.5. The number of hydrogen-bond donors (Lipinski definition) is 1. The number of carbonyl (C=O) groups is 3. The van der Waals surface area contributed by atoms with E-state index in [1.165, 1.54) is 10.5 Å². The van der Waals surface area contributed by atoms with Gasteiger partial charge in [-0.25, -0.2) is 0 Å². The summed E-state index contributed by atoms with van der Waals surface area (Å²) in [5, 5.41) is 3.94. The zero-order valence-corrected chi connectivity index (χ0v) is 23.1. The van der Waals surface area contributed by atoms with E-state index < -0.39 is 31.8 Å². The summed E-state index contributed by atoms with van der Waals surface area (Å²) >= 11 is 0. The van der Waals surface area contributed by atoms with Crippen molar-refractivity contribution in [1.29, 1.82) is 0 Å². The van der Waals surface area contributed by atoms with Crippen LogP contribution in [0.2, 0.25) is 19.6 Å². The average molecular weight is 522 g/mol. The second-order valence-electron chi connectivity index (χ2n) is 10.8. The van der Waals surface area contributed by atoms with Crippen LogP contribution >= 0.6 is 0 Å². The molecule has 0 radical (unpaired) electrons. The van der Waals surface area contributed by atoms with E-state index in [2.05, 4.69) is 49.0 Å². The summed E-state index contributed by atoms with van der Waals surface area (Å²) in [5.41, 5.74) is 3.67. The van der Waals surface area contributed by atoms with Gasteiger partial charge in [-0.05, 0) is 41.8 Å². The number of fused-ring (bicyclic) bond motifs is 2. The second kappa shape index (κ2) is 9.98. The Bertz CT molecular complexity index is 1500.